The summed E-state index contributed by atoms with van der Waals surface area (Å²) in [6, 6.07) is 3.66. The third-order valence-corrected chi connectivity index (χ3v) is 1.61. The van der Waals surface area contributed by atoms with Crippen molar-refractivity contribution in [2.24, 2.45) is 0 Å². The van der Waals surface area contributed by atoms with Gasteiger partial charge < -0.3 is 0 Å². The Labute approximate surface area is 73.1 Å². The van der Waals surface area contributed by atoms with Crippen molar-refractivity contribution < 1.29 is 13.7 Å². The lowest BCUT2D eigenvalue weighted by molar-refractivity contribution is -0.386. The lowest BCUT2D eigenvalue weighted by Gasteiger charge is -2.01. The summed E-state index contributed by atoms with van der Waals surface area (Å²) in [5.74, 6) is 0. The van der Waals surface area contributed by atoms with Crippen LogP contribution in [0, 0.1) is 17.0 Å². The molecule has 0 radical (unpaired) electrons. The second-order valence-corrected chi connectivity index (χ2v) is 2.62. The van der Waals surface area contributed by atoms with Gasteiger partial charge in [-0.15, -0.1) is 0 Å². The van der Waals surface area contributed by atoms with E-state index in [4.69, 9.17) is 0 Å². The molecule has 0 aliphatic carbocycles. The highest BCUT2D eigenvalue weighted by Crippen LogP contribution is 2.29. The Bertz CT molecular complexity index is 339. The fourth-order valence-electron chi connectivity index (χ4n) is 1.01. The molecule has 0 amide bonds. The number of benzene rings is 1. The van der Waals surface area contributed by atoms with E-state index >= 15 is 0 Å². The van der Waals surface area contributed by atoms with Gasteiger partial charge >= 0.3 is 0 Å². The van der Waals surface area contributed by atoms with Gasteiger partial charge in [-0.2, -0.15) is 0 Å². The number of nitro benzene ring substituents is 1. The number of rotatable bonds is 2. The van der Waals surface area contributed by atoms with Crippen LogP contribution in [-0.2, 0) is 0 Å². The van der Waals surface area contributed by atoms with Crippen LogP contribution in [0.3, 0.4) is 0 Å². The first-order chi connectivity index (χ1) is 6.02. The van der Waals surface area contributed by atoms with Gasteiger partial charge in [-0.1, -0.05) is 11.6 Å². The number of nitro groups is 1. The predicted octanol–water partition coefficient (Wildman–Crippen LogP) is 2.84. The Morgan fingerprint density at radius 1 is 1.46 bits per heavy atom. The van der Waals surface area contributed by atoms with E-state index in [9.17, 15) is 18.9 Å². The zero-order valence-electron chi connectivity index (χ0n) is 6.83. The molecule has 0 saturated heterocycles. The van der Waals surface area contributed by atoms with Crippen LogP contribution in [0.25, 0.3) is 0 Å². The van der Waals surface area contributed by atoms with Crippen molar-refractivity contribution in [3.63, 3.8) is 0 Å². The molecule has 13 heavy (non-hydrogen) atoms. The summed E-state index contributed by atoms with van der Waals surface area (Å²) in [7, 11) is 0. The Kier molecular flexibility index (Phi) is 2.55. The SMILES string of the molecule is Cc1ccc([N+](=O)[O-])c(C(F)F)c1. The summed E-state index contributed by atoms with van der Waals surface area (Å²) in [5.41, 5.74) is -0.466. The van der Waals surface area contributed by atoms with Crippen molar-refractivity contribution in [3.8, 4) is 0 Å². The molecule has 0 N–H and O–H groups in total. The maximum atomic E-state index is 12.3. The fourth-order valence-corrected chi connectivity index (χ4v) is 1.01. The molecule has 0 spiro atoms. The molecule has 0 bridgehead atoms. The monoisotopic (exact) mass is 187 g/mol. The molecule has 0 unspecified atom stereocenters. The van der Waals surface area contributed by atoms with E-state index in [1.807, 2.05) is 0 Å². The van der Waals surface area contributed by atoms with Gasteiger partial charge in [0.15, 0.2) is 0 Å². The normalized spacial score (nSPS) is 10.5. The van der Waals surface area contributed by atoms with Crippen molar-refractivity contribution in [1.82, 2.24) is 0 Å². The van der Waals surface area contributed by atoms with Gasteiger partial charge in [0, 0.05) is 6.07 Å². The molecule has 3 nitrogen and oxygen atoms in total. The predicted molar refractivity (Wildman–Crippen MR) is 42.8 cm³/mol. The van der Waals surface area contributed by atoms with E-state index < -0.39 is 22.6 Å². The average Bonchev–Trinajstić information content (AvgIpc) is 2.03. The van der Waals surface area contributed by atoms with Crippen molar-refractivity contribution in [1.29, 1.82) is 0 Å². The second-order valence-electron chi connectivity index (χ2n) is 2.62. The van der Waals surface area contributed by atoms with Gasteiger partial charge in [-0.3, -0.25) is 10.1 Å². The lowest BCUT2D eigenvalue weighted by Crippen LogP contribution is -1.96. The lowest BCUT2D eigenvalue weighted by atomic mass is 10.1. The van der Waals surface area contributed by atoms with Crippen LogP contribution in [0.1, 0.15) is 17.6 Å². The average molecular weight is 187 g/mol. The third-order valence-electron chi connectivity index (χ3n) is 1.61. The molecule has 1 aromatic carbocycles. The molecular formula is C8H7F2NO2. The highest BCUT2D eigenvalue weighted by atomic mass is 19.3. The highest BCUT2D eigenvalue weighted by molar-refractivity contribution is 5.43. The summed E-state index contributed by atoms with van der Waals surface area (Å²) >= 11 is 0. The molecular weight excluding hydrogens is 180 g/mol. The number of hydrogen-bond acceptors (Lipinski definition) is 2. The van der Waals surface area contributed by atoms with Gasteiger partial charge in [-0.05, 0) is 13.0 Å². The van der Waals surface area contributed by atoms with Crippen LogP contribution in [0.15, 0.2) is 18.2 Å². The first-order valence-electron chi connectivity index (χ1n) is 3.55. The number of hydrogen-bond donors (Lipinski definition) is 0. The van der Waals surface area contributed by atoms with Crippen LogP contribution < -0.4 is 0 Å². The van der Waals surface area contributed by atoms with Crippen molar-refractivity contribution >= 4 is 5.69 Å². The number of aryl methyl sites for hydroxylation is 1. The summed E-state index contributed by atoms with van der Waals surface area (Å²) < 4.78 is 24.5. The molecule has 1 aromatic rings. The van der Waals surface area contributed by atoms with Gasteiger partial charge in [0.2, 0.25) is 0 Å². The van der Waals surface area contributed by atoms with Gasteiger partial charge in [0.1, 0.15) is 0 Å². The maximum absolute atomic E-state index is 12.3. The van der Waals surface area contributed by atoms with Gasteiger partial charge in [0.05, 0.1) is 10.5 Å². The zero-order chi connectivity index (χ0) is 10.0. The minimum atomic E-state index is -2.81. The van der Waals surface area contributed by atoms with Gasteiger partial charge in [-0.25, -0.2) is 8.78 Å². The first-order valence-corrected chi connectivity index (χ1v) is 3.55. The fraction of sp³-hybridized carbons (Fsp3) is 0.250. The number of alkyl halides is 2. The largest absolute Gasteiger partial charge is 0.278 e. The van der Waals surface area contributed by atoms with Gasteiger partial charge in [0.25, 0.3) is 12.1 Å². The molecule has 1 rings (SSSR count). The first kappa shape index (κ1) is 9.57. The molecule has 0 atom stereocenters. The summed E-state index contributed by atoms with van der Waals surface area (Å²) in [5, 5.41) is 10.3. The molecule has 0 fully saturated rings. The molecule has 0 aliphatic rings. The highest BCUT2D eigenvalue weighted by Gasteiger charge is 2.20. The maximum Gasteiger partial charge on any atom is 0.278 e. The van der Waals surface area contributed by atoms with Crippen LogP contribution in [0.2, 0.25) is 0 Å². The van der Waals surface area contributed by atoms with Crippen LogP contribution >= 0.6 is 0 Å². The third kappa shape index (κ3) is 1.99. The molecule has 0 saturated carbocycles. The number of halogens is 2. The van der Waals surface area contributed by atoms with Crippen LogP contribution in [0.4, 0.5) is 14.5 Å². The molecule has 5 heteroatoms. The molecule has 0 aliphatic heterocycles. The van der Waals surface area contributed by atoms with E-state index in [2.05, 4.69) is 0 Å². The summed E-state index contributed by atoms with van der Waals surface area (Å²) in [6.07, 6.45) is -2.81. The Morgan fingerprint density at radius 3 is 2.54 bits per heavy atom. The minimum absolute atomic E-state index is 0.523. The van der Waals surface area contributed by atoms with Crippen LogP contribution in [-0.4, -0.2) is 4.92 Å². The molecule has 70 valence electrons. The Balaban J connectivity index is 3.26. The van der Waals surface area contributed by atoms with E-state index in [0.717, 1.165) is 12.1 Å². The van der Waals surface area contributed by atoms with Crippen molar-refractivity contribution in [2.45, 2.75) is 13.3 Å². The Morgan fingerprint density at radius 2 is 2.08 bits per heavy atom. The summed E-state index contributed by atoms with van der Waals surface area (Å²) in [6.45, 7) is 1.61. The number of nitrogens with zero attached hydrogens (tertiary/aromatic N) is 1. The zero-order valence-corrected chi connectivity index (χ0v) is 6.83. The quantitative estimate of drug-likeness (QED) is 0.527. The topological polar surface area (TPSA) is 43.1 Å². The van der Waals surface area contributed by atoms with E-state index in [1.165, 1.54) is 6.07 Å². The van der Waals surface area contributed by atoms with Crippen LogP contribution in [0.5, 0.6) is 0 Å². The second kappa shape index (κ2) is 3.47. The van der Waals surface area contributed by atoms with Crippen molar-refractivity contribution in [3.05, 3.63) is 39.4 Å². The van der Waals surface area contributed by atoms with Crippen molar-refractivity contribution in [2.75, 3.05) is 0 Å². The Hall–Kier alpha value is -1.52. The standard InChI is InChI=1S/C8H7F2NO2/c1-5-2-3-7(11(12)13)6(4-5)8(9)10/h2-4,8H,1H3. The van der Waals surface area contributed by atoms with E-state index in [0.29, 0.717) is 5.56 Å². The minimum Gasteiger partial charge on any atom is -0.258 e. The molecule has 0 aromatic heterocycles. The van der Waals surface area contributed by atoms with E-state index in [-0.39, 0.29) is 0 Å². The summed E-state index contributed by atoms with van der Waals surface area (Å²) in [4.78, 5) is 9.51. The van der Waals surface area contributed by atoms with E-state index in [1.54, 1.807) is 6.92 Å². The molecule has 0 heterocycles. The smallest absolute Gasteiger partial charge is 0.258 e.